The lowest BCUT2D eigenvalue weighted by molar-refractivity contribution is 0.0498. The van der Waals surface area contributed by atoms with Gasteiger partial charge in [0.25, 0.3) is 0 Å². The molecule has 0 spiro atoms. The molecule has 0 aromatic heterocycles. The van der Waals surface area contributed by atoms with Crippen LogP contribution < -0.4 is 10.2 Å². The number of rotatable bonds is 5. The van der Waals surface area contributed by atoms with Crippen molar-refractivity contribution in [3.05, 3.63) is 29.8 Å². The molecule has 1 aromatic carbocycles. The zero-order valence-corrected chi connectivity index (χ0v) is 12.6. The van der Waals surface area contributed by atoms with E-state index >= 15 is 0 Å². The summed E-state index contributed by atoms with van der Waals surface area (Å²) in [7, 11) is 1.83. The van der Waals surface area contributed by atoms with Gasteiger partial charge in [-0.2, -0.15) is 0 Å². The first-order valence-electron chi connectivity index (χ1n) is 7.86. The first-order chi connectivity index (χ1) is 9.76. The number of methoxy groups -OCH3 is 1. The van der Waals surface area contributed by atoms with E-state index in [4.69, 9.17) is 4.74 Å². The molecule has 3 heteroatoms. The number of piperidine rings is 1. The topological polar surface area (TPSA) is 24.5 Å². The molecule has 110 valence electrons. The van der Waals surface area contributed by atoms with E-state index in [1.54, 1.807) is 0 Å². The Balaban J connectivity index is 1.58. The Morgan fingerprint density at radius 2 is 1.95 bits per heavy atom. The number of anilines is 1. The Kier molecular flexibility index (Phi) is 4.27. The summed E-state index contributed by atoms with van der Waals surface area (Å²) in [6, 6.07) is 9.80. The molecule has 1 saturated carbocycles. The minimum atomic E-state index is 0.361. The molecule has 1 aliphatic carbocycles. The first-order valence-corrected chi connectivity index (χ1v) is 7.86. The monoisotopic (exact) mass is 274 g/mol. The van der Waals surface area contributed by atoms with E-state index in [9.17, 15) is 0 Å². The maximum atomic E-state index is 5.60. The van der Waals surface area contributed by atoms with Crippen molar-refractivity contribution in [2.75, 3.05) is 25.1 Å². The normalized spacial score (nSPS) is 26.8. The highest BCUT2D eigenvalue weighted by molar-refractivity contribution is 5.48. The highest BCUT2D eigenvalue weighted by Gasteiger charge is 2.26. The predicted molar refractivity (Wildman–Crippen MR) is 83.1 cm³/mol. The van der Waals surface area contributed by atoms with Crippen LogP contribution in [0.5, 0.6) is 0 Å². The SMILES string of the molecule is COC1CN(c2ccc(CNC3CC3)cc2)CCC1C. The van der Waals surface area contributed by atoms with Gasteiger partial charge in [-0.3, -0.25) is 0 Å². The average Bonchev–Trinajstić information content (AvgIpc) is 3.30. The van der Waals surface area contributed by atoms with Crippen molar-refractivity contribution in [1.29, 1.82) is 0 Å². The molecule has 0 amide bonds. The highest BCUT2D eigenvalue weighted by atomic mass is 16.5. The Morgan fingerprint density at radius 3 is 2.60 bits per heavy atom. The van der Waals surface area contributed by atoms with E-state index in [0.717, 1.165) is 25.7 Å². The van der Waals surface area contributed by atoms with Gasteiger partial charge in [-0.15, -0.1) is 0 Å². The van der Waals surface area contributed by atoms with Gasteiger partial charge in [0.2, 0.25) is 0 Å². The van der Waals surface area contributed by atoms with E-state index in [1.165, 1.54) is 30.5 Å². The largest absolute Gasteiger partial charge is 0.379 e. The lowest BCUT2D eigenvalue weighted by Crippen LogP contribution is -2.43. The van der Waals surface area contributed by atoms with Gasteiger partial charge in [-0.25, -0.2) is 0 Å². The molecule has 1 N–H and O–H groups in total. The molecular formula is C17H26N2O. The minimum absolute atomic E-state index is 0.361. The van der Waals surface area contributed by atoms with Crippen LogP contribution in [0.4, 0.5) is 5.69 Å². The van der Waals surface area contributed by atoms with Crippen LogP contribution in [-0.2, 0) is 11.3 Å². The summed E-state index contributed by atoms with van der Waals surface area (Å²) >= 11 is 0. The number of hydrogen-bond acceptors (Lipinski definition) is 3. The molecule has 2 aliphatic rings. The minimum Gasteiger partial charge on any atom is -0.379 e. The Bertz CT molecular complexity index is 427. The summed E-state index contributed by atoms with van der Waals surface area (Å²) in [4.78, 5) is 2.45. The Labute approximate surface area is 122 Å². The summed E-state index contributed by atoms with van der Waals surface area (Å²) in [6.45, 7) is 5.44. The molecular weight excluding hydrogens is 248 g/mol. The molecule has 2 unspecified atom stereocenters. The fourth-order valence-corrected chi connectivity index (χ4v) is 2.95. The van der Waals surface area contributed by atoms with Gasteiger partial charge in [-0.1, -0.05) is 19.1 Å². The van der Waals surface area contributed by atoms with Crippen LogP contribution in [0.25, 0.3) is 0 Å². The highest BCUT2D eigenvalue weighted by Crippen LogP contribution is 2.25. The van der Waals surface area contributed by atoms with Gasteiger partial charge in [0.15, 0.2) is 0 Å². The predicted octanol–water partition coefficient (Wildman–Crippen LogP) is 2.80. The lowest BCUT2D eigenvalue weighted by atomic mass is 9.95. The molecule has 2 atom stereocenters. The van der Waals surface area contributed by atoms with Crippen LogP contribution in [-0.4, -0.2) is 32.3 Å². The number of benzene rings is 1. The Hall–Kier alpha value is -1.06. The fraction of sp³-hybridized carbons (Fsp3) is 0.647. The summed E-state index contributed by atoms with van der Waals surface area (Å²) in [5.74, 6) is 0.665. The van der Waals surface area contributed by atoms with Crippen molar-refractivity contribution in [3.63, 3.8) is 0 Å². The third kappa shape index (κ3) is 3.33. The van der Waals surface area contributed by atoms with E-state index in [0.29, 0.717) is 12.0 Å². The van der Waals surface area contributed by atoms with Crippen LogP contribution in [0.2, 0.25) is 0 Å². The van der Waals surface area contributed by atoms with Crippen molar-refractivity contribution in [3.8, 4) is 0 Å². The standard InChI is InChI=1S/C17H26N2O/c1-13-9-10-19(12-17(13)20-2)16-7-3-14(4-8-16)11-18-15-5-6-15/h3-4,7-8,13,15,17-18H,5-6,9-12H2,1-2H3. The Morgan fingerprint density at radius 1 is 1.20 bits per heavy atom. The maximum absolute atomic E-state index is 5.60. The zero-order valence-electron chi connectivity index (χ0n) is 12.6. The smallest absolute Gasteiger partial charge is 0.0772 e. The van der Waals surface area contributed by atoms with Gasteiger partial charge in [-0.05, 0) is 42.9 Å². The fourth-order valence-electron chi connectivity index (χ4n) is 2.95. The number of hydrogen-bond donors (Lipinski definition) is 1. The van der Waals surface area contributed by atoms with Crippen LogP contribution >= 0.6 is 0 Å². The first kappa shape index (κ1) is 13.9. The molecule has 1 aromatic rings. The quantitative estimate of drug-likeness (QED) is 0.893. The van der Waals surface area contributed by atoms with Gasteiger partial charge in [0.1, 0.15) is 0 Å². The summed E-state index contributed by atoms with van der Waals surface area (Å²) in [5, 5.41) is 3.56. The van der Waals surface area contributed by atoms with Gasteiger partial charge >= 0.3 is 0 Å². The van der Waals surface area contributed by atoms with Crippen molar-refractivity contribution >= 4 is 5.69 Å². The van der Waals surface area contributed by atoms with Crippen molar-refractivity contribution in [2.45, 2.75) is 44.9 Å². The van der Waals surface area contributed by atoms with E-state index < -0.39 is 0 Å². The second-order valence-electron chi connectivity index (χ2n) is 6.31. The van der Waals surface area contributed by atoms with Crippen LogP contribution in [0.15, 0.2) is 24.3 Å². The summed E-state index contributed by atoms with van der Waals surface area (Å²) in [5.41, 5.74) is 2.71. The van der Waals surface area contributed by atoms with Gasteiger partial charge in [0, 0.05) is 38.5 Å². The molecule has 1 heterocycles. The molecule has 2 fully saturated rings. The van der Waals surface area contributed by atoms with E-state index in [1.807, 2.05) is 7.11 Å². The van der Waals surface area contributed by atoms with Crippen LogP contribution in [0.3, 0.4) is 0 Å². The second-order valence-corrected chi connectivity index (χ2v) is 6.31. The average molecular weight is 274 g/mol. The van der Waals surface area contributed by atoms with Crippen LogP contribution in [0, 0.1) is 5.92 Å². The van der Waals surface area contributed by atoms with Gasteiger partial charge in [0.05, 0.1) is 6.10 Å². The molecule has 3 rings (SSSR count). The maximum Gasteiger partial charge on any atom is 0.0772 e. The van der Waals surface area contributed by atoms with Crippen LogP contribution in [0.1, 0.15) is 31.7 Å². The summed E-state index contributed by atoms with van der Waals surface area (Å²) in [6.07, 6.45) is 4.27. The zero-order chi connectivity index (χ0) is 13.9. The number of ether oxygens (including phenoxy) is 1. The van der Waals surface area contributed by atoms with Crippen molar-refractivity contribution in [2.24, 2.45) is 5.92 Å². The van der Waals surface area contributed by atoms with Crippen molar-refractivity contribution < 1.29 is 4.74 Å². The molecule has 1 saturated heterocycles. The molecule has 0 bridgehead atoms. The van der Waals surface area contributed by atoms with Crippen molar-refractivity contribution in [1.82, 2.24) is 5.32 Å². The lowest BCUT2D eigenvalue weighted by Gasteiger charge is -2.37. The molecule has 20 heavy (non-hydrogen) atoms. The molecule has 3 nitrogen and oxygen atoms in total. The number of nitrogens with zero attached hydrogens (tertiary/aromatic N) is 1. The second kappa shape index (κ2) is 6.15. The third-order valence-corrected chi connectivity index (χ3v) is 4.67. The summed E-state index contributed by atoms with van der Waals surface area (Å²) < 4.78 is 5.60. The van der Waals surface area contributed by atoms with E-state index in [-0.39, 0.29) is 0 Å². The number of nitrogens with one attached hydrogen (secondary N) is 1. The van der Waals surface area contributed by atoms with Gasteiger partial charge < -0.3 is 15.0 Å². The molecule has 0 radical (unpaired) electrons. The third-order valence-electron chi connectivity index (χ3n) is 4.67. The molecule has 1 aliphatic heterocycles. The van der Waals surface area contributed by atoms with E-state index in [2.05, 4.69) is 41.4 Å².